The van der Waals surface area contributed by atoms with Gasteiger partial charge in [0.25, 0.3) is 17.4 Å². The van der Waals surface area contributed by atoms with Crippen LogP contribution in [0, 0.1) is 0 Å². The molecule has 0 atom stereocenters. The number of thiophene rings is 1. The Bertz CT molecular complexity index is 880. The average Bonchev–Trinajstić information content (AvgIpc) is 3.05. The number of carbonyl (C=O) groups is 3. The molecule has 0 saturated carbocycles. The number of Topliss-reactive ketones (excluding diaryl/α,β-unsaturated/α-hetero) is 1. The molecule has 0 aliphatic rings. The van der Waals surface area contributed by atoms with E-state index in [1.54, 1.807) is 33.6 Å². The summed E-state index contributed by atoms with van der Waals surface area (Å²) in [6.07, 6.45) is 1.38. The third-order valence-electron chi connectivity index (χ3n) is 3.48. The first-order valence-electron chi connectivity index (χ1n) is 7.46. The van der Waals surface area contributed by atoms with Crippen molar-refractivity contribution in [3.05, 3.63) is 56.1 Å². The Morgan fingerprint density at radius 2 is 1.60 bits per heavy atom. The summed E-state index contributed by atoms with van der Waals surface area (Å²) in [5, 5.41) is 1.62. The fraction of sp³-hybridized carbons (Fsp3) is 0.294. The third-order valence-corrected chi connectivity index (χ3v) is 4.45. The van der Waals surface area contributed by atoms with Gasteiger partial charge >= 0.3 is 0 Å². The maximum absolute atomic E-state index is 12.4. The molecule has 0 aliphatic heterocycles. The predicted octanol–water partition coefficient (Wildman–Crippen LogP) is 1.20. The number of ketones is 1. The molecule has 0 N–H and O–H groups in total. The number of hydrogen-bond donors (Lipinski definition) is 0. The molecular formula is C17H19N3O4S. The molecule has 0 unspecified atom stereocenters. The topological polar surface area (TPSA) is 79.7 Å². The van der Waals surface area contributed by atoms with Gasteiger partial charge in [-0.05, 0) is 12.1 Å². The second-order valence-electron chi connectivity index (χ2n) is 5.91. The molecule has 2 rings (SSSR count). The van der Waals surface area contributed by atoms with Crippen molar-refractivity contribution in [3.8, 4) is 0 Å². The second-order valence-corrected chi connectivity index (χ2v) is 6.82. The summed E-state index contributed by atoms with van der Waals surface area (Å²) in [7, 11) is 6.48. The first-order valence-corrected chi connectivity index (χ1v) is 8.34. The molecule has 0 aromatic carbocycles. The van der Waals surface area contributed by atoms with E-state index in [0.717, 1.165) is 11.3 Å². The van der Waals surface area contributed by atoms with Crippen molar-refractivity contribution in [2.75, 3.05) is 28.2 Å². The standard InChI is InChI=1S/C17H19N3O4S/c1-18(2)16(23)11-5-6-15(22)20(8-11)9-13(21)14-7-12(10-25-14)17(24)19(3)4/h5-8,10H,9H2,1-4H3. The maximum atomic E-state index is 12.4. The zero-order valence-electron chi connectivity index (χ0n) is 14.5. The Morgan fingerprint density at radius 3 is 2.20 bits per heavy atom. The predicted molar refractivity (Wildman–Crippen MR) is 95.4 cm³/mol. The highest BCUT2D eigenvalue weighted by Gasteiger charge is 2.16. The number of nitrogens with zero attached hydrogens (tertiary/aromatic N) is 3. The lowest BCUT2D eigenvalue weighted by Crippen LogP contribution is -2.27. The fourth-order valence-electron chi connectivity index (χ4n) is 2.13. The number of aromatic nitrogens is 1. The van der Waals surface area contributed by atoms with E-state index in [9.17, 15) is 19.2 Å². The Labute approximate surface area is 149 Å². The monoisotopic (exact) mass is 361 g/mol. The van der Waals surface area contributed by atoms with E-state index in [4.69, 9.17) is 0 Å². The van der Waals surface area contributed by atoms with Crippen molar-refractivity contribution < 1.29 is 14.4 Å². The first-order chi connectivity index (χ1) is 11.7. The molecule has 8 heteroatoms. The summed E-state index contributed by atoms with van der Waals surface area (Å²) in [5.41, 5.74) is 0.388. The Morgan fingerprint density at radius 1 is 1.00 bits per heavy atom. The van der Waals surface area contributed by atoms with Crippen LogP contribution in [0.4, 0.5) is 0 Å². The van der Waals surface area contributed by atoms with Crippen molar-refractivity contribution in [1.29, 1.82) is 0 Å². The third kappa shape index (κ3) is 4.21. The Hall–Kier alpha value is -2.74. The van der Waals surface area contributed by atoms with Gasteiger partial charge in [-0.25, -0.2) is 0 Å². The summed E-state index contributed by atoms with van der Waals surface area (Å²) >= 11 is 1.16. The zero-order chi connectivity index (χ0) is 18.7. The number of carbonyl (C=O) groups excluding carboxylic acids is 3. The van der Waals surface area contributed by atoms with E-state index in [1.807, 2.05) is 0 Å². The molecule has 0 aliphatic carbocycles. The molecule has 0 fully saturated rings. The lowest BCUT2D eigenvalue weighted by Gasteiger charge is -2.11. The van der Waals surface area contributed by atoms with Crippen LogP contribution in [-0.2, 0) is 6.54 Å². The van der Waals surface area contributed by atoms with Crippen LogP contribution in [0.2, 0.25) is 0 Å². The van der Waals surface area contributed by atoms with Gasteiger partial charge in [-0.2, -0.15) is 0 Å². The van der Waals surface area contributed by atoms with Crippen LogP contribution in [0.15, 0.2) is 34.6 Å². The zero-order valence-corrected chi connectivity index (χ0v) is 15.3. The molecule has 2 heterocycles. The quantitative estimate of drug-likeness (QED) is 0.750. The minimum Gasteiger partial charge on any atom is -0.345 e. The molecule has 0 saturated heterocycles. The van der Waals surface area contributed by atoms with Crippen LogP contribution in [-0.4, -0.2) is 60.2 Å². The SMILES string of the molecule is CN(C)C(=O)c1csc(C(=O)Cn2cc(C(=O)N(C)C)ccc2=O)c1. The number of pyridine rings is 1. The van der Waals surface area contributed by atoms with Crippen LogP contribution in [0.1, 0.15) is 30.4 Å². The van der Waals surface area contributed by atoms with E-state index in [0.29, 0.717) is 16.0 Å². The molecule has 25 heavy (non-hydrogen) atoms. The van der Waals surface area contributed by atoms with Crippen LogP contribution in [0.5, 0.6) is 0 Å². The average molecular weight is 361 g/mol. The van der Waals surface area contributed by atoms with Crippen molar-refractivity contribution >= 4 is 28.9 Å². The lowest BCUT2D eigenvalue weighted by molar-refractivity contribution is 0.0819. The molecule has 2 aromatic heterocycles. The van der Waals surface area contributed by atoms with Crippen molar-refractivity contribution in [3.63, 3.8) is 0 Å². The van der Waals surface area contributed by atoms with Gasteiger partial charge in [0.1, 0.15) is 0 Å². The van der Waals surface area contributed by atoms with Crippen molar-refractivity contribution in [1.82, 2.24) is 14.4 Å². The fourth-order valence-corrected chi connectivity index (χ4v) is 2.94. The largest absolute Gasteiger partial charge is 0.345 e. The smallest absolute Gasteiger partial charge is 0.254 e. The molecule has 7 nitrogen and oxygen atoms in total. The lowest BCUT2D eigenvalue weighted by atomic mass is 10.2. The minimum atomic E-state index is -0.371. The van der Waals surface area contributed by atoms with E-state index >= 15 is 0 Å². The van der Waals surface area contributed by atoms with Gasteiger partial charge in [-0.1, -0.05) is 0 Å². The van der Waals surface area contributed by atoms with Gasteiger partial charge < -0.3 is 14.4 Å². The van der Waals surface area contributed by atoms with Crippen molar-refractivity contribution in [2.45, 2.75) is 6.54 Å². The number of rotatable bonds is 5. The van der Waals surface area contributed by atoms with E-state index < -0.39 is 0 Å². The Kier molecular flexibility index (Phi) is 5.53. The first kappa shape index (κ1) is 18.6. The maximum Gasteiger partial charge on any atom is 0.254 e. The second kappa shape index (κ2) is 7.43. The molecule has 2 amide bonds. The highest BCUT2D eigenvalue weighted by atomic mass is 32.1. The van der Waals surface area contributed by atoms with Crippen LogP contribution >= 0.6 is 11.3 Å². The van der Waals surface area contributed by atoms with Gasteiger partial charge in [0.05, 0.1) is 22.5 Å². The van der Waals surface area contributed by atoms with Gasteiger partial charge in [0.15, 0.2) is 5.78 Å². The molecule has 0 bridgehead atoms. The van der Waals surface area contributed by atoms with Crippen LogP contribution in [0.3, 0.4) is 0 Å². The summed E-state index contributed by atoms with van der Waals surface area (Å²) < 4.78 is 1.20. The van der Waals surface area contributed by atoms with Gasteiger partial charge in [0.2, 0.25) is 0 Å². The van der Waals surface area contributed by atoms with E-state index in [-0.39, 0.29) is 29.7 Å². The van der Waals surface area contributed by atoms with E-state index in [1.165, 1.54) is 38.8 Å². The van der Waals surface area contributed by atoms with Crippen LogP contribution in [0.25, 0.3) is 0 Å². The molecule has 0 spiro atoms. The normalized spacial score (nSPS) is 10.4. The Balaban J connectivity index is 2.23. The molecule has 2 aromatic rings. The highest BCUT2D eigenvalue weighted by molar-refractivity contribution is 7.12. The minimum absolute atomic E-state index is 0.189. The molecule has 132 valence electrons. The molecular weight excluding hydrogens is 342 g/mol. The number of amides is 2. The summed E-state index contributed by atoms with van der Waals surface area (Å²) in [5.74, 6) is -0.735. The van der Waals surface area contributed by atoms with E-state index in [2.05, 4.69) is 0 Å². The highest BCUT2D eigenvalue weighted by Crippen LogP contribution is 2.17. The molecule has 0 radical (unpaired) electrons. The van der Waals surface area contributed by atoms with Crippen molar-refractivity contribution in [2.24, 2.45) is 0 Å². The van der Waals surface area contributed by atoms with Gasteiger partial charge in [0, 0.05) is 45.8 Å². The number of hydrogen-bond acceptors (Lipinski definition) is 5. The van der Waals surface area contributed by atoms with Crippen LogP contribution < -0.4 is 5.56 Å². The summed E-state index contributed by atoms with van der Waals surface area (Å²) in [4.78, 5) is 51.5. The summed E-state index contributed by atoms with van der Waals surface area (Å²) in [6.45, 7) is -0.191. The van der Waals surface area contributed by atoms with Gasteiger partial charge in [-0.15, -0.1) is 11.3 Å². The van der Waals surface area contributed by atoms with Gasteiger partial charge in [-0.3, -0.25) is 19.2 Å². The summed E-state index contributed by atoms with van der Waals surface area (Å²) in [6, 6.07) is 4.22.